The molecule has 0 spiro atoms. The first-order chi connectivity index (χ1) is 15.0. The van der Waals surface area contributed by atoms with Gasteiger partial charge in [0.15, 0.2) is 0 Å². The van der Waals surface area contributed by atoms with Gasteiger partial charge in [0, 0.05) is 55.7 Å². The summed E-state index contributed by atoms with van der Waals surface area (Å²) in [6.45, 7) is 11.9. The number of hydrogen-bond donors (Lipinski definition) is 0. The molecule has 0 N–H and O–H groups in total. The smallest absolute Gasteiger partial charge is 0.225 e. The molecule has 1 aliphatic heterocycles. The fourth-order valence-corrected chi connectivity index (χ4v) is 4.55. The second-order valence-corrected chi connectivity index (χ2v) is 9.38. The van der Waals surface area contributed by atoms with Gasteiger partial charge in [0.1, 0.15) is 11.6 Å². The lowest BCUT2D eigenvalue weighted by atomic mass is 9.84. The van der Waals surface area contributed by atoms with E-state index in [0.29, 0.717) is 11.8 Å². The third kappa shape index (κ3) is 4.76. The number of rotatable bonds is 6. The molecule has 1 saturated carbocycles. The van der Waals surface area contributed by atoms with Gasteiger partial charge in [0.25, 0.3) is 0 Å². The molecule has 4 rings (SSSR count). The highest BCUT2D eigenvalue weighted by atomic mass is 16.2. The van der Waals surface area contributed by atoms with Gasteiger partial charge in [0.2, 0.25) is 5.91 Å². The maximum Gasteiger partial charge on any atom is 0.225 e. The molecule has 5 heteroatoms. The summed E-state index contributed by atoms with van der Waals surface area (Å²) in [7, 11) is 0. The number of anilines is 1. The molecular formula is C26H36N4O. The zero-order valence-electron chi connectivity index (χ0n) is 19.5. The van der Waals surface area contributed by atoms with Gasteiger partial charge >= 0.3 is 0 Å². The highest BCUT2D eigenvalue weighted by molar-refractivity contribution is 5.80. The van der Waals surface area contributed by atoms with E-state index in [1.165, 1.54) is 23.1 Å². The summed E-state index contributed by atoms with van der Waals surface area (Å²) in [6.07, 6.45) is 5.22. The van der Waals surface area contributed by atoms with Crippen LogP contribution in [0.3, 0.4) is 0 Å². The zero-order valence-corrected chi connectivity index (χ0v) is 19.5. The van der Waals surface area contributed by atoms with E-state index < -0.39 is 0 Å². The summed E-state index contributed by atoms with van der Waals surface area (Å²) in [6, 6.07) is 8.70. The van der Waals surface area contributed by atoms with Gasteiger partial charge in [-0.2, -0.15) is 0 Å². The molecule has 5 nitrogen and oxygen atoms in total. The molecular weight excluding hydrogens is 384 g/mol. The monoisotopic (exact) mass is 420 g/mol. The summed E-state index contributed by atoms with van der Waals surface area (Å²) < 4.78 is 0. The second kappa shape index (κ2) is 9.37. The fourth-order valence-electron chi connectivity index (χ4n) is 4.55. The Morgan fingerprint density at radius 3 is 2.48 bits per heavy atom. The Morgan fingerprint density at radius 2 is 1.87 bits per heavy atom. The van der Waals surface area contributed by atoms with E-state index in [-0.39, 0.29) is 5.92 Å². The van der Waals surface area contributed by atoms with Crippen LogP contribution >= 0.6 is 0 Å². The van der Waals surface area contributed by atoms with Crippen molar-refractivity contribution >= 4 is 11.7 Å². The first-order valence-electron chi connectivity index (χ1n) is 11.9. The summed E-state index contributed by atoms with van der Waals surface area (Å²) in [5.74, 6) is 3.00. The molecule has 2 heterocycles. The molecule has 1 amide bonds. The van der Waals surface area contributed by atoms with Crippen LogP contribution in [-0.2, 0) is 11.2 Å². The largest absolute Gasteiger partial charge is 0.353 e. The Hall–Kier alpha value is -2.43. The second-order valence-electron chi connectivity index (χ2n) is 9.38. The normalized spacial score (nSPS) is 18.1. The Balaban J connectivity index is 1.59. The van der Waals surface area contributed by atoms with Gasteiger partial charge in [-0.1, -0.05) is 50.1 Å². The van der Waals surface area contributed by atoms with Crippen LogP contribution in [0.15, 0.2) is 24.3 Å². The summed E-state index contributed by atoms with van der Waals surface area (Å²) in [5.41, 5.74) is 4.87. The topological polar surface area (TPSA) is 49.3 Å². The van der Waals surface area contributed by atoms with Gasteiger partial charge < -0.3 is 9.80 Å². The van der Waals surface area contributed by atoms with E-state index in [2.05, 4.69) is 61.8 Å². The van der Waals surface area contributed by atoms with E-state index in [4.69, 9.17) is 9.97 Å². The maximum atomic E-state index is 12.7. The van der Waals surface area contributed by atoms with Crippen molar-refractivity contribution in [2.75, 3.05) is 31.1 Å². The number of aromatic nitrogens is 2. The predicted octanol–water partition coefficient (Wildman–Crippen LogP) is 4.65. The van der Waals surface area contributed by atoms with Gasteiger partial charge in [-0.05, 0) is 38.7 Å². The van der Waals surface area contributed by atoms with Crippen molar-refractivity contribution in [2.45, 2.75) is 65.7 Å². The van der Waals surface area contributed by atoms with Crippen molar-refractivity contribution in [3.8, 4) is 0 Å². The van der Waals surface area contributed by atoms with E-state index in [1.54, 1.807) is 0 Å². The lowest BCUT2D eigenvalue weighted by molar-refractivity contribution is -0.138. The van der Waals surface area contributed by atoms with Crippen molar-refractivity contribution in [3.05, 3.63) is 52.5 Å². The van der Waals surface area contributed by atoms with E-state index in [1.807, 2.05) is 0 Å². The molecule has 166 valence electrons. The molecule has 1 atom stereocenters. The number of piperazine rings is 1. The molecule has 31 heavy (non-hydrogen) atoms. The highest BCUT2D eigenvalue weighted by Gasteiger charge is 2.32. The minimum absolute atomic E-state index is 0.279. The highest BCUT2D eigenvalue weighted by Crippen LogP contribution is 2.31. The van der Waals surface area contributed by atoms with E-state index in [9.17, 15) is 4.79 Å². The van der Waals surface area contributed by atoms with Crippen LogP contribution in [0.1, 0.15) is 73.7 Å². The minimum Gasteiger partial charge on any atom is -0.353 e. The van der Waals surface area contributed by atoms with Gasteiger partial charge in [-0.3, -0.25) is 4.79 Å². The molecule has 0 bridgehead atoms. The maximum absolute atomic E-state index is 12.7. The summed E-state index contributed by atoms with van der Waals surface area (Å²) in [5, 5.41) is 0. The molecule has 1 aliphatic carbocycles. The molecule has 2 fully saturated rings. The number of carbonyl (C=O) groups excluding carboxylic acids is 1. The Labute approximate surface area is 186 Å². The number of nitrogens with zero attached hydrogens (tertiary/aromatic N) is 4. The first kappa shape index (κ1) is 21.8. The van der Waals surface area contributed by atoms with Crippen molar-refractivity contribution in [3.63, 3.8) is 0 Å². The minimum atomic E-state index is 0.279. The van der Waals surface area contributed by atoms with Crippen molar-refractivity contribution < 1.29 is 4.79 Å². The molecule has 2 aliphatic rings. The van der Waals surface area contributed by atoms with Crippen molar-refractivity contribution in [2.24, 2.45) is 5.92 Å². The molecule has 0 unspecified atom stereocenters. The van der Waals surface area contributed by atoms with Crippen LogP contribution in [0.2, 0.25) is 0 Å². The van der Waals surface area contributed by atoms with E-state index in [0.717, 1.165) is 69.2 Å². The lowest BCUT2D eigenvalue weighted by Gasteiger charge is -2.39. The molecule has 0 radical (unpaired) electrons. The number of amides is 1. The molecule has 1 aromatic heterocycles. The van der Waals surface area contributed by atoms with Crippen LogP contribution in [-0.4, -0.2) is 47.0 Å². The summed E-state index contributed by atoms with van der Waals surface area (Å²) >= 11 is 0. The van der Waals surface area contributed by atoms with Crippen LogP contribution in [0, 0.1) is 19.8 Å². The van der Waals surface area contributed by atoms with Gasteiger partial charge in [-0.15, -0.1) is 0 Å². The fraction of sp³-hybridized carbons (Fsp3) is 0.577. The molecule has 2 aromatic rings. The predicted molar refractivity (Wildman–Crippen MR) is 126 cm³/mol. The van der Waals surface area contributed by atoms with Crippen LogP contribution in [0.25, 0.3) is 0 Å². The van der Waals surface area contributed by atoms with Crippen LogP contribution < -0.4 is 4.90 Å². The molecule has 1 aromatic carbocycles. The average Bonchev–Trinajstić information content (AvgIpc) is 2.73. The van der Waals surface area contributed by atoms with Crippen molar-refractivity contribution in [1.29, 1.82) is 0 Å². The number of hydrogen-bond acceptors (Lipinski definition) is 4. The van der Waals surface area contributed by atoms with Crippen LogP contribution in [0.5, 0.6) is 0 Å². The van der Waals surface area contributed by atoms with Gasteiger partial charge in [-0.25, -0.2) is 9.97 Å². The Bertz CT molecular complexity index is 929. The third-order valence-electron chi connectivity index (χ3n) is 7.07. The average molecular weight is 421 g/mol. The summed E-state index contributed by atoms with van der Waals surface area (Å²) in [4.78, 5) is 27.1. The number of aryl methyl sites for hydroxylation is 2. The SMILES string of the molecule is CC[C@@H](C)c1nc(C)c(Cc2cccc(C)c2)c(N2CCN(C(=O)C3CCC3)CC2)n1. The first-order valence-corrected chi connectivity index (χ1v) is 11.9. The number of benzene rings is 1. The van der Waals surface area contributed by atoms with E-state index >= 15 is 0 Å². The quantitative estimate of drug-likeness (QED) is 0.683. The Morgan fingerprint density at radius 1 is 1.13 bits per heavy atom. The van der Waals surface area contributed by atoms with Crippen molar-refractivity contribution in [1.82, 2.24) is 14.9 Å². The third-order valence-corrected chi connectivity index (χ3v) is 7.07. The van der Waals surface area contributed by atoms with Gasteiger partial charge in [0.05, 0.1) is 0 Å². The molecule has 1 saturated heterocycles. The zero-order chi connectivity index (χ0) is 22.0. The number of carbonyl (C=O) groups is 1. The lowest BCUT2D eigenvalue weighted by Crippen LogP contribution is -2.51. The Kier molecular flexibility index (Phi) is 6.59. The van der Waals surface area contributed by atoms with Crippen LogP contribution in [0.4, 0.5) is 5.82 Å². The standard InChI is InChI=1S/C26H36N4O/c1-5-19(3)24-27-20(4)23(17-21-9-6-8-18(2)16-21)25(28-24)29-12-14-30(15-13-29)26(31)22-10-7-11-22/h6,8-9,16,19,22H,5,7,10-15,17H2,1-4H3/t19-/m1/s1.